The summed E-state index contributed by atoms with van der Waals surface area (Å²) in [6.07, 6.45) is 0. The van der Waals surface area contributed by atoms with E-state index in [0.29, 0.717) is 17.1 Å². The number of thiazole rings is 1. The zero-order chi connectivity index (χ0) is 18.7. The molecule has 8 heteroatoms. The average molecular weight is 388 g/mol. The Morgan fingerprint density at radius 1 is 1.23 bits per heavy atom. The van der Waals surface area contributed by atoms with E-state index < -0.39 is 4.92 Å². The molecule has 132 valence electrons. The van der Waals surface area contributed by atoms with Crippen LogP contribution in [0.2, 0.25) is 5.02 Å². The Morgan fingerprint density at radius 3 is 2.58 bits per heavy atom. The summed E-state index contributed by atoms with van der Waals surface area (Å²) in [5.74, 6) is -0.299. The van der Waals surface area contributed by atoms with Crippen molar-refractivity contribution in [1.29, 1.82) is 0 Å². The second-order valence-corrected chi connectivity index (χ2v) is 6.98. The Morgan fingerprint density at radius 2 is 1.92 bits per heavy atom. The largest absolute Gasteiger partial charge is 0.347 e. The highest BCUT2D eigenvalue weighted by atomic mass is 35.5. The van der Waals surface area contributed by atoms with Gasteiger partial charge in [0, 0.05) is 28.1 Å². The SMILES string of the molecule is Cc1nc(-c2ccccc2Cl)sc1CNC(=O)c1ccc([N+](=O)[O-])cc1. The predicted octanol–water partition coefficient (Wildman–Crippen LogP) is 4.61. The quantitative estimate of drug-likeness (QED) is 0.511. The molecule has 0 saturated carbocycles. The molecule has 0 atom stereocenters. The molecule has 0 aliphatic heterocycles. The van der Waals surface area contributed by atoms with Gasteiger partial charge in [-0.1, -0.05) is 29.8 Å². The third kappa shape index (κ3) is 3.89. The van der Waals surface area contributed by atoms with E-state index in [1.165, 1.54) is 35.6 Å². The number of nitrogens with zero attached hydrogens (tertiary/aromatic N) is 2. The third-order valence-electron chi connectivity index (χ3n) is 3.75. The van der Waals surface area contributed by atoms with Crippen LogP contribution in [0.25, 0.3) is 10.6 Å². The second kappa shape index (κ2) is 7.63. The molecule has 3 rings (SSSR count). The molecule has 1 heterocycles. The monoisotopic (exact) mass is 387 g/mol. The molecule has 2 aromatic carbocycles. The number of carbonyl (C=O) groups is 1. The molecule has 0 saturated heterocycles. The van der Waals surface area contributed by atoms with E-state index in [1.54, 1.807) is 0 Å². The van der Waals surface area contributed by atoms with Crippen molar-refractivity contribution in [2.45, 2.75) is 13.5 Å². The normalized spacial score (nSPS) is 10.5. The van der Waals surface area contributed by atoms with E-state index in [9.17, 15) is 14.9 Å². The van der Waals surface area contributed by atoms with Crippen molar-refractivity contribution in [3.63, 3.8) is 0 Å². The van der Waals surface area contributed by atoms with Crippen LogP contribution in [0.3, 0.4) is 0 Å². The van der Waals surface area contributed by atoms with Crippen LogP contribution in [0.5, 0.6) is 0 Å². The van der Waals surface area contributed by atoms with Crippen molar-refractivity contribution in [2.75, 3.05) is 0 Å². The molecule has 1 aromatic heterocycles. The van der Waals surface area contributed by atoms with E-state index in [-0.39, 0.29) is 11.6 Å². The minimum atomic E-state index is -0.501. The van der Waals surface area contributed by atoms with E-state index in [4.69, 9.17) is 11.6 Å². The van der Waals surface area contributed by atoms with Gasteiger partial charge in [0.2, 0.25) is 0 Å². The van der Waals surface area contributed by atoms with Gasteiger partial charge in [0.25, 0.3) is 11.6 Å². The highest BCUT2D eigenvalue weighted by Crippen LogP contribution is 2.32. The van der Waals surface area contributed by atoms with Gasteiger partial charge in [0.1, 0.15) is 5.01 Å². The highest BCUT2D eigenvalue weighted by molar-refractivity contribution is 7.15. The summed E-state index contributed by atoms with van der Waals surface area (Å²) >= 11 is 7.68. The van der Waals surface area contributed by atoms with Gasteiger partial charge in [-0.25, -0.2) is 4.98 Å². The number of rotatable bonds is 5. The van der Waals surface area contributed by atoms with Crippen LogP contribution in [0, 0.1) is 17.0 Å². The Hall–Kier alpha value is -2.77. The number of nitrogens with one attached hydrogen (secondary N) is 1. The van der Waals surface area contributed by atoms with Crippen LogP contribution in [-0.4, -0.2) is 15.8 Å². The second-order valence-electron chi connectivity index (χ2n) is 5.49. The van der Waals surface area contributed by atoms with E-state index in [1.807, 2.05) is 31.2 Å². The molecule has 26 heavy (non-hydrogen) atoms. The van der Waals surface area contributed by atoms with Gasteiger partial charge in [-0.2, -0.15) is 0 Å². The van der Waals surface area contributed by atoms with Gasteiger partial charge in [0.05, 0.1) is 22.2 Å². The van der Waals surface area contributed by atoms with Crippen molar-refractivity contribution in [3.05, 3.63) is 79.8 Å². The Labute approximate surface area is 158 Å². The van der Waals surface area contributed by atoms with Crippen molar-refractivity contribution >= 4 is 34.5 Å². The van der Waals surface area contributed by atoms with Crippen LogP contribution < -0.4 is 5.32 Å². The van der Waals surface area contributed by atoms with Crippen LogP contribution in [0.4, 0.5) is 5.69 Å². The van der Waals surface area contributed by atoms with Gasteiger partial charge >= 0.3 is 0 Å². The third-order valence-corrected chi connectivity index (χ3v) is 5.27. The standard InChI is InChI=1S/C18H14ClN3O3S/c1-11-16(26-18(21-11)14-4-2-3-5-15(14)19)10-20-17(23)12-6-8-13(9-7-12)22(24)25/h2-9H,10H2,1H3,(H,20,23). The van der Waals surface area contributed by atoms with Crippen LogP contribution in [0.15, 0.2) is 48.5 Å². The Kier molecular flexibility index (Phi) is 5.29. The number of aryl methyl sites for hydroxylation is 1. The fraction of sp³-hybridized carbons (Fsp3) is 0.111. The number of hydrogen-bond donors (Lipinski definition) is 1. The van der Waals surface area contributed by atoms with Gasteiger partial charge in [-0.15, -0.1) is 11.3 Å². The molecule has 0 radical (unpaired) electrons. The topological polar surface area (TPSA) is 85.1 Å². The maximum atomic E-state index is 12.2. The lowest BCUT2D eigenvalue weighted by Crippen LogP contribution is -2.22. The summed E-state index contributed by atoms with van der Waals surface area (Å²) < 4.78 is 0. The van der Waals surface area contributed by atoms with Gasteiger partial charge in [-0.3, -0.25) is 14.9 Å². The number of hydrogen-bond acceptors (Lipinski definition) is 5. The molecular formula is C18H14ClN3O3S. The van der Waals surface area contributed by atoms with Crippen LogP contribution in [0.1, 0.15) is 20.9 Å². The molecule has 0 aliphatic carbocycles. The van der Waals surface area contributed by atoms with E-state index in [2.05, 4.69) is 10.3 Å². The summed E-state index contributed by atoms with van der Waals surface area (Å²) in [5.41, 5.74) is 2.00. The van der Waals surface area contributed by atoms with Crippen molar-refractivity contribution in [3.8, 4) is 10.6 Å². The number of nitro benzene ring substituents is 1. The minimum absolute atomic E-state index is 0.0516. The number of nitro groups is 1. The fourth-order valence-corrected chi connectivity index (χ4v) is 3.66. The molecule has 3 aromatic rings. The first-order valence-corrected chi connectivity index (χ1v) is 8.89. The molecule has 0 bridgehead atoms. The number of halogens is 1. The zero-order valence-electron chi connectivity index (χ0n) is 13.7. The van der Waals surface area contributed by atoms with Crippen LogP contribution in [-0.2, 0) is 6.54 Å². The van der Waals surface area contributed by atoms with E-state index in [0.717, 1.165) is 21.1 Å². The van der Waals surface area contributed by atoms with E-state index >= 15 is 0 Å². The minimum Gasteiger partial charge on any atom is -0.347 e. The predicted molar refractivity (Wildman–Crippen MR) is 102 cm³/mol. The van der Waals surface area contributed by atoms with Gasteiger partial charge in [-0.05, 0) is 25.1 Å². The number of amides is 1. The number of aromatic nitrogens is 1. The average Bonchev–Trinajstić information content (AvgIpc) is 3.00. The molecule has 0 aliphatic rings. The maximum Gasteiger partial charge on any atom is 0.269 e. The number of non-ortho nitro benzene ring substituents is 1. The molecular weight excluding hydrogens is 374 g/mol. The van der Waals surface area contributed by atoms with Gasteiger partial charge in [0.15, 0.2) is 0 Å². The lowest BCUT2D eigenvalue weighted by Gasteiger charge is -2.04. The lowest BCUT2D eigenvalue weighted by molar-refractivity contribution is -0.384. The summed E-state index contributed by atoms with van der Waals surface area (Å²) in [4.78, 5) is 27.8. The summed E-state index contributed by atoms with van der Waals surface area (Å²) in [7, 11) is 0. The van der Waals surface area contributed by atoms with Crippen molar-refractivity contribution < 1.29 is 9.72 Å². The van der Waals surface area contributed by atoms with Crippen molar-refractivity contribution in [2.24, 2.45) is 0 Å². The highest BCUT2D eigenvalue weighted by Gasteiger charge is 2.14. The molecule has 6 nitrogen and oxygen atoms in total. The lowest BCUT2D eigenvalue weighted by atomic mass is 10.2. The first-order chi connectivity index (χ1) is 12.5. The molecule has 0 fully saturated rings. The van der Waals surface area contributed by atoms with Gasteiger partial charge < -0.3 is 5.32 Å². The first kappa shape index (κ1) is 18.0. The Balaban J connectivity index is 1.71. The summed E-state index contributed by atoms with van der Waals surface area (Å²) in [5, 5.41) is 14.9. The number of benzene rings is 2. The first-order valence-electron chi connectivity index (χ1n) is 7.69. The molecule has 1 amide bonds. The summed E-state index contributed by atoms with van der Waals surface area (Å²) in [6, 6.07) is 12.9. The van der Waals surface area contributed by atoms with Crippen molar-refractivity contribution in [1.82, 2.24) is 10.3 Å². The molecule has 0 spiro atoms. The number of carbonyl (C=O) groups excluding carboxylic acids is 1. The summed E-state index contributed by atoms with van der Waals surface area (Å²) in [6.45, 7) is 2.20. The zero-order valence-corrected chi connectivity index (χ0v) is 15.3. The Bertz CT molecular complexity index is 970. The molecule has 1 N–H and O–H groups in total. The smallest absolute Gasteiger partial charge is 0.269 e. The maximum absolute atomic E-state index is 12.2. The molecule has 0 unspecified atom stereocenters. The fourth-order valence-electron chi connectivity index (χ4n) is 2.34. The van der Waals surface area contributed by atoms with Crippen LogP contribution >= 0.6 is 22.9 Å².